The first-order chi connectivity index (χ1) is 21.0. The van der Waals surface area contributed by atoms with Crippen LogP contribution in [0.3, 0.4) is 0 Å². The van der Waals surface area contributed by atoms with Crippen molar-refractivity contribution in [2.75, 3.05) is 26.2 Å². The summed E-state index contributed by atoms with van der Waals surface area (Å²) in [5.41, 5.74) is 1.83. The van der Waals surface area contributed by atoms with Crippen molar-refractivity contribution in [3.63, 3.8) is 0 Å². The molecule has 232 valence electrons. The number of urea groups is 1. The van der Waals surface area contributed by atoms with Gasteiger partial charge in [0.05, 0.1) is 18.7 Å². The van der Waals surface area contributed by atoms with E-state index in [1.165, 1.54) is 27.1 Å². The van der Waals surface area contributed by atoms with Crippen molar-refractivity contribution in [3.8, 4) is 0 Å². The van der Waals surface area contributed by atoms with Gasteiger partial charge >= 0.3 is 12.2 Å². The Morgan fingerprint density at radius 3 is 2.32 bits per heavy atom. The molecule has 4 rings (SSSR count). The maximum absolute atomic E-state index is 14.0. The van der Waals surface area contributed by atoms with E-state index < -0.39 is 35.6 Å². The summed E-state index contributed by atoms with van der Waals surface area (Å²) >= 11 is 0. The van der Waals surface area contributed by atoms with Crippen molar-refractivity contribution in [2.24, 2.45) is 0 Å². The van der Waals surface area contributed by atoms with E-state index in [0.29, 0.717) is 11.1 Å². The Hall–Kier alpha value is -4.64. The smallest absolute Gasteiger partial charge is 0.343 e. The van der Waals surface area contributed by atoms with Crippen molar-refractivity contribution in [3.05, 3.63) is 119 Å². The van der Waals surface area contributed by atoms with Gasteiger partial charge in [-0.2, -0.15) is 13.2 Å². The number of halogens is 3. The second-order valence-electron chi connectivity index (χ2n) is 10.6. The molecule has 0 spiro atoms. The highest BCUT2D eigenvalue weighted by molar-refractivity contribution is 5.89. The second-order valence-corrected chi connectivity index (χ2v) is 10.6. The maximum Gasteiger partial charge on any atom is 0.416 e. The molecule has 1 atom stereocenters. The number of amides is 4. The molecule has 1 aliphatic rings. The molecule has 1 saturated heterocycles. The molecule has 0 bridgehead atoms. The van der Waals surface area contributed by atoms with E-state index in [0.717, 1.165) is 23.3 Å². The summed E-state index contributed by atoms with van der Waals surface area (Å²) in [5.74, 6) is -0.897. The van der Waals surface area contributed by atoms with Crippen LogP contribution < -0.4 is 10.6 Å². The topological polar surface area (TPSA) is 85.0 Å². The molecule has 0 saturated carbocycles. The summed E-state index contributed by atoms with van der Waals surface area (Å²) in [5, 5.41) is 8.55. The normalized spacial score (nSPS) is 16.4. The minimum Gasteiger partial charge on any atom is -0.343 e. The van der Waals surface area contributed by atoms with Gasteiger partial charge in [-0.3, -0.25) is 14.6 Å². The fourth-order valence-corrected chi connectivity index (χ4v) is 5.00. The van der Waals surface area contributed by atoms with E-state index in [2.05, 4.69) is 17.2 Å². The van der Waals surface area contributed by atoms with Crippen LogP contribution >= 0.6 is 0 Å². The van der Waals surface area contributed by atoms with Crippen LogP contribution in [0.25, 0.3) is 0 Å². The van der Waals surface area contributed by atoms with E-state index in [9.17, 15) is 27.6 Å². The Labute approximate surface area is 255 Å². The first-order valence-electron chi connectivity index (χ1n) is 14.3. The van der Waals surface area contributed by atoms with E-state index in [1.54, 1.807) is 6.92 Å². The quantitative estimate of drug-likeness (QED) is 0.346. The first kappa shape index (κ1) is 32.3. The standard InChI is InChI=1S/C33H36F3N5O3/c1-3-16-41(32(44)37-21-26-12-8-5-9-13-26)40-18-17-39(22-27-20-28(33(34,35)36)15-14-24(27)2)31(43)29(38-30(42)23-40)19-25-10-6-4-7-11-25/h3-15,20,29H,1,16-19,21-23H2,2H3,(H,37,44)(H,38,42)/t29-/m0/s1. The largest absolute Gasteiger partial charge is 0.416 e. The molecule has 1 fully saturated rings. The monoisotopic (exact) mass is 607 g/mol. The van der Waals surface area contributed by atoms with Crippen LogP contribution in [0.2, 0.25) is 0 Å². The fourth-order valence-electron chi connectivity index (χ4n) is 5.00. The summed E-state index contributed by atoms with van der Waals surface area (Å²) in [6.45, 7) is 5.57. The highest BCUT2D eigenvalue weighted by Gasteiger charge is 2.34. The van der Waals surface area contributed by atoms with Crippen molar-refractivity contribution in [2.45, 2.75) is 38.7 Å². The third-order valence-corrected chi connectivity index (χ3v) is 7.38. The summed E-state index contributed by atoms with van der Waals surface area (Å²) < 4.78 is 40.6. The number of benzene rings is 3. The lowest BCUT2D eigenvalue weighted by molar-refractivity contribution is -0.137. The molecule has 0 aliphatic carbocycles. The SMILES string of the molecule is C=CCN(C(=O)NCc1ccccc1)N1CCN(Cc2cc(C(F)(F)F)ccc2C)C(=O)[C@H](Cc2ccccc2)NC(=O)C1. The number of nitrogens with zero attached hydrogens (tertiary/aromatic N) is 3. The highest BCUT2D eigenvalue weighted by atomic mass is 19.4. The summed E-state index contributed by atoms with van der Waals surface area (Å²) in [6, 6.07) is 20.5. The Kier molecular flexibility index (Phi) is 10.8. The van der Waals surface area contributed by atoms with Crippen LogP contribution in [-0.4, -0.2) is 65.0 Å². The van der Waals surface area contributed by atoms with Crippen molar-refractivity contribution in [1.82, 2.24) is 25.6 Å². The minimum atomic E-state index is -4.54. The number of hydrogen-bond donors (Lipinski definition) is 2. The zero-order chi connectivity index (χ0) is 31.7. The van der Waals surface area contributed by atoms with Gasteiger partial charge < -0.3 is 15.5 Å². The molecule has 0 radical (unpaired) electrons. The highest BCUT2D eigenvalue weighted by Crippen LogP contribution is 2.31. The molecule has 3 aromatic rings. The van der Waals surface area contributed by atoms with E-state index in [4.69, 9.17) is 0 Å². The van der Waals surface area contributed by atoms with Gasteiger partial charge in [0.1, 0.15) is 6.04 Å². The van der Waals surface area contributed by atoms with Gasteiger partial charge in [-0.1, -0.05) is 72.8 Å². The average molecular weight is 608 g/mol. The number of rotatable bonds is 9. The van der Waals surface area contributed by atoms with Gasteiger partial charge in [-0.15, -0.1) is 6.58 Å². The zero-order valence-electron chi connectivity index (χ0n) is 24.5. The zero-order valence-corrected chi connectivity index (χ0v) is 24.5. The predicted molar refractivity (Wildman–Crippen MR) is 161 cm³/mol. The molecule has 1 heterocycles. The van der Waals surface area contributed by atoms with Crippen LogP contribution in [0.1, 0.15) is 27.8 Å². The van der Waals surface area contributed by atoms with Gasteiger partial charge in [-0.25, -0.2) is 9.80 Å². The molecule has 0 unspecified atom stereocenters. The average Bonchev–Trinajstić information content (AvgIpc) is 3.05. The number of hydrazine groups is 1. The molecule has 8 nitrogen and oxygen atoms in total. The third kappa shape index (κ3) is 8.70. The van der Waals surface area contributed by atoms with E-state index >= 15 is 0 Å². The molecule has 0 aromatic heterocycles. The number of aryl methyl sites for hydroxylation is 1. The van der Waals surface area contributed by atoms with Gasteiger partial charge in [0.2, 0.25) is 11.8 Å². The molecule has 4 amide bonds. The summed E-state index contributed by atoms with van der Waals surface area (Å²) in [4.78, 5) is 42.0. The third-order valence-electron chi connectivity index (χ3n) is 7.38. The Bertz CT molecular complexity index is 1450. The Morgan fingerprint density at radius 2 is 1.68 bits per heavy atom. The van der Waals surface area contributed by atoms with Gasteiger partial charge in [0.15, 0.2) is 0 Å². The van der Waals surface area contributed by atoms with Crippen LogP contribution in [-0.2, 0) is 35.3 Å². The van der Waals surface area contributed by atoms with E-state index in [-0.39, 0.29) is 45.7 Å². The number of carbonyl (C=O) groups is 3. The van der Waals surface area contributed by atoms with Gasteiger partial charge in [-0.05, 0) is 41.3 Å². The van der Waals surface area contributed by atoms with Crippen LogP contribution in [0, 0.1) is 6.92 Å². The van der Waals surface area contributed by atoms with Crippen molar-refractivity contribution >= 4 is 17.8 Å². The second kappa shape index (κ2) is 14.7. The van der Waals surface area contributed by atoms with Crippen molar-refractivity contribution < 1.29 is 27.6 Å². The van der Waals surface area contributed by atoms with Crippen LogP contribution in [0.15, 0.2) is 91.5 Å². The molecule has 1 aliphatic heterocycles. The lowest BCUT2D eigenvalue weighted by Gasteiger charge is -2.34. The Morgan fingerprint density at radius 1 is 1.02 bits per heavy atom. The number of carbonyl (C=O) groups excluding carboxylic acids is 3. The van der Waals surface area contributed by atoms with E-state index in [1.807, 2.05) is 60.7 Å². The molecular formula is C33H36F3N5O3. The number of nitrogens with one attached hydrogen (secondary N) is 2. The molecule has 2 N–H and O–H groups in total. The minimum absolute atomic E-state index is 0.0500. The van der Waals surface area contributed by atoms with Gasteiger partial charge in [0.25, 0.3) is 0 Å². The van der Waals surface area contributed by atoms with Crippen molar-refractivity contribution in [1.29, 1.82) is 0 Å². The number of hydrogen-bond acceptors (Lipinski definition) is 4. The lowest BCUT2D eigenvalue weighted by Crippen LogP contribution is -2.54. The van der Waals surface area contributed by atoms with Gasteiger partial charge in [0, 0.05) is 32.6 Å². The fraction of sp³-hybridized carbons (Fsp3) is 0.303. The van der Waals surface area contributed by atoms with Crippen LogP contribution in [0.4, 0.5) is 18.0 Å². The molecule has 11 heteroatoms. The number of alkyl halides is 3. The molecule has 44 heavy (non-hydrogen) atoms. The summed E-state index contributed by atoms with van der Waals surface area (Å²) in [7, 11) is 0. The molecule has 3 aromatic carbocycles. The summed E-state index contributed by atoms with van der Waals surface area (Å²) in [6.07, 6.45) is -2.82. The Balaban J connectivity index is 1.62. The lowest BCUT2D eigenvalue weighted by atomic mass is 10.0. The first-order valence-corrected chi connectivity index (χ1v) is 14.3. The van der Waals surface area contributed by atoms with Crippen LogP contribution in [0.5, 0.6) is 0 Å². The molecular weight excluding hydrogens is 571 g/mol. The maximum atomic E-state index is 14.0. The predicted octanol–water partition coefficient (Wildman–Crippen LogP) is 4.70.